The van der Waals surface area contributed by atoms with Crippen LogP contribution >= 0.6 is 0 Å². The van der Waals surface area contributed by atoms with Gasteiger partial charge in [0.15, 0.2) is 11.6 Å². The van der Waals surface area contributed by atoms with Crippen LogP contribution in [0.2, 0.25) is 0 Å². The molecule has 1 aliphatic rings. The number of aliphatic carboxylic acids is 1. The minimum Gasteiger partial charge on any atom is -0.494 e. The van der Waals surface area contributed by atoms with Gasteiger partial charge in [0.25, 0.3) is 0 Å². The highest BCUT2D eigenvalue weighted by Crippen LogP contribution is 2.20. The molecule has 1 N–H and O–H groups in total. The van der Waals surface area contributed by atoms with Gasteiger partial charge in [0.1, 0.15) is 0 Å². The normalized spacial score (nSPS) is 15.1. The molecule has 1 fully saturated rings. The Kier molecular flexibility index (Phi) is 6.54. The highest BCUT2D eigenvalue weighted by molar-refractivity contribution is 5.79. The van der Waals surface area contributed by atoms with E-state index >= 15 is 0 Å². The minimum atomic E-state index is -0.949. The number of carbonyl (C=O) groups excluding carboxylic acids is 1. The van der Waals surface area contributed by atoms with E-state index in [1.165, 1.54) is 19.2 Å². The first-order chi connectivity index (χ1) is 11.5. The lowest BCUT2D eigenvalue weighted by atomic mass is 10.0. The fourth-order valence-electron chi connectivity index (χ4n) is 2.82. The molecule has 0 aliphatic carbocycles. The molecule has 0 atom stereocenters. The molecular weight excluding hydrogens is 317 g/mol. The first-order valence-corrected chi connectivity index (χ1v) is 7.92. The number of ether oxygens (including phenoxy) is 2. The standard InChI is InChI=1S/C17H22FNO5/c1-23-15-3-2-12(10-14(15)18)11-16(20)19(7-4-17(21)22)13-5-8-24-9-6-13/h2-3,10,13H,4-9,11H2,1H3,(H,21,22). The number of hydrogen-bond donors (Lipinski definition) is 1. The molecule has 1 saturated heterocycles. The maximum Gasteiger partial charge on any atom is 0.305 e. The molecule has 0 radical (unpaired) electrons. The summed E-state index contributed by atoms with van der Waals surface area (Å²) in [5.41, 5.74) is 0.533. The van der Waals surface area contributed by atoms with E-state index in [1.807, 2.05) is 0 Å². The third-order valence-corrected chi connectivity index (χ3v) is 4.09. The zero-order valence-electron chi connectivity index (χ0n) is 13.7. The van der Waals surface area contributed by atoms with Crippen LogP contribution in [-0.2, 0) is 20.7 Å². The molecule has 24 heavy (non-hydrogen) atoms. The van der Waals surface area contributed by atoms with Gasteiger partial charge in [-0.05, 0) is 30.5 Å². The average Bonchev–Trinajstić information content (AvgIpc) is 2.56. The predicted molar refractivity (Wildman–Crippen MR) is 84.5 cm³/mol. The van der Waals surface area contributed by atoms with Gasteiger partial charge in [-0.2, -0.15) is 0 Å². The van der Waals surface area contributed by atoms with Crippen molar-refractivity contribution in [1.29, 1.82) is 0 Å². The Morgan fingerprint density at radius 3 is 2.67 bits per heavy atom. The van der Waals surface area contributed by atoms with E-state index in [2.05, 4.69) is 0 Å². The molecular formula is C17H22FNO5. The molecule has 1 heterocycles. The van der Waals surface area contributed by atoms with E-state index in [4.69, 9.17) is 14.6 Å². The summed E-state index contributed by atoms with van der Waals surface area (Å²) in [5.74, 6) is -1.55. The second-order valence-corrected chi connectivity index (χ2v) is 5.72. The molecule has 132 valence electrons. The summed E-state index contributed by atoms with van der Waals surface area (Å²) in [5, 5.41) is 8.90. The van der Waals surface area contributed by atoms with E-state index in [-0.39, 0.29) is 37.1 Å². The van der Waals surface area contributed by atoms with Crippen molar-refractivity contribution >= 4 is 11.9 Å². The Labute approximate surface area is 140 Å². The minimum absolute atomic E-state index is 0.0257. The number of rotatable bonds is 7. The molecule has 1 amide bonds. The van der Waals surface area contributed by atoms with Crippen LogP contribution in [-0.4, -0.2) is 54.8 Å². The van der Waals surface area contributed by atoms with Gasteiger partial charge in [-0.15, -0.1) is 0 Å². The van der Waals surface area contributed by atoms with Crippen LogP contribution in [0.25, 0.3) is 0 Å². The first-order valence-electron chi connectivity index (χ1n) is 7.92. The molecule has 1 aromatic rings. The number of benzene rings is 1. The third kappa shape index (κ3) is 4.92. The molecule has 0 bridgehead atoms. The van der Waals surface area contributed by atoms with Crippen LogP contribution in [0.15, 0.2) is 18.2 Å². The maximum atomic E-state index is 13.8. The Morgan fingerprint density at radius 1 is 1.38 bits per heavy atom. The van der Waals surface area contributed by atoms with Gasteiger partial charge in [0.05, 0.1) is 20.0 Å². The highest BCUT2D eigenvalue weighted by atomic mass is 19.1. The number of halogens is 1. The van der Waals surface area contributed by atoms with Crippen LogP contribution in [0.3, 0.4) is 0 Å². The predicted octanol–water partition coefficient (Wildman–Crippen LogP) is 1.86. The number of hydrogen-bond acceptors (Lipinski definition) is 4. The monoisotopic (exact) mass is 339 g/mol. The Balaban J connectivity index is 2.08. The van der Waals surface area contributed by atoms with Crippen molar-refractivity contribution in [2.45, 2.75) is 31.7 Å². The summed E-state index contributed by atoms with van der Waals surface area (Å²) in [6.45, 7) is 1.26. The van der Waals surface area contributed by atoms with Gasteiger partial charge >= 0.3 is 5.97 Å². The van der Waals surface area contributed by atoms with Crippen LogP contribution in [0, 0.1) is 5.82 Å². The summed E-state index contributed by atoms with van der Waals surface area (Å²) >= 11 is 0. The second kappa shape index (κ2) is 8.63. The van der Waals surface area contributed by atoms with Gasteiger partial charge < -0.3 is 19.5 Å². The molecule has 0 aromatic heterocycles. The summed E-state index contributed by atoms with van der Waals surface area (Å²) < 4.78 is 23.9. The Bertz CT molecular complexity index is 586. The van der Waals surface area contributed by atoms with Crippen LogP contribution in [0.5, 0.6) is 5.75 Å². The zero-order valence-corrected chi connectivity index (χ0v) is 13.7. The van der Waals surface area contributed by atoms with E-state index in [9.17, 15) is 14.0 Å². The Hall–Kier alpha value is -2.15. The smallest absolute Gasteiger partial charge is 0.305 e. The van der Waals surface area contributed by atoms with Gasteiger partial charge in [-0.1, -0.05) is 6.07 Å². The van der Waals surface area contributed by atoms with E-state index in [0.29, 0.717) is 31.6 Å². The highest BCUT2D eigenvalue weighted by Gasteiger charge is 2.26. The van der Waals surface area contributed by atoms with Crippen LogP contribution in [0.4, 0.5) is 4.39 Å². The summed E-state index contributed by atoms with van der Waals surface area (Å²) in [7, 11) is 1.38. The fraction of sp³-hybridized carbons (Fsp3) is 0.529. The number of carbonyl (C=O) groups is 2. The topological polar surface area (TPSA) is 76.1 Å². The lowest BCUT2D eigenvalue weighted by Crippen LogP contribution is -2.45. The van der Waals surface area contributed by atoms with Gasteiger partial charge in [-0.25, -0.2) is 4.39 Å². The zero-order chi connectivity index (χ0) is 17.5. The van der Waals surface area contributed by atoms with Crippen molar-refractivity contribution in [3.8, 4) is 5.75 Å². The number of amides is 1. The van der Waals surface area contributed by atoms with E-state index in [0.717, 1.165) is 0 Å². The average molecular weight is 339 g/mol. The first kappa shape index (κ1) is 18.2. The van der Waals surface area contributed by atoms with Crippen molar-refractivity contribution in [2.24, 2.45) is 0 Å². The molecule has 6 nitrogen and oxygen atoms in total. The number of carboxylic acid groups (broad SMARTS) is 1. The van der Waals surface area contributed by atoms with Crippen molar-refractivity contribution in [2.75, 3.05) is 26.9 Å². The summed E-state index contributed by atoms with van der Waals surface area (Å²) in [6, 6.07) is 4.36. The van der Waals surface area contributed by atoms with Crippen molar-refractivity contribution < 1.29 is 28.6 Å². The van der Waals surface area contributed by atoms with Gasteiger partial charge in [0, 0.05) is 25.8 Å². The number of methoxy groups -OCH3 is 1. The molecule has 2 rings (SSSR count). The quantitative estimate of drug-likeness (QED) is 0.821. The molecule has 1 aromatic carbocycles. The van der Waals surface area contributed by atoms with Crippen molar-refractivity contribution in [3.63, 3.8) is 0 Å². The summed E-state index contributed by atoms with van der Waals surface area (Å²) in [6.07, 6.45) is 1.28. The molecule has 0 unspecified atom stereocenters. The largest absolute Gasteiger partial charge is 0.494 e. The van der Waals surface area contributed by atoms with Crippen molar-refractivity contribution in [3.05, 3.63) is 29.6 Å². The number of carboxylic acids is 1. The van der Waals surface area contributed by atoms with Gasteiger partial charge in [0.2, 0.25) is 5.91 Å². The second-order valence-electron chi connectivity index (χ2n) is 5.72. The van der Waals surface area contributed by atoms with E-state index < -0.39 is 11.8 Å². The fourth-order valence-corrected chi connectivity index (χ4v) is 2.82. The maximum absolute atomic E-state index is 13.8. The third-order valence-electron chi connectivity index (χ3n) is 4.09. The van der Waals surface area contributed by atoms with Gasteiger partial charge in [-0.3, -0.25) is 9.59 Å². The molecule has 1 aliphatic heterocycles. The number of nitrogens with zero attached hydrogens (tertiary/aromatic N) is 1. The lowest BCUT2D eigenvalue weighted by Gasteiger charge is -2.34. The lowest BCUT2D eigenvalue weighted by molar-refractivity contribution is -0.140. The Morgan fingerprint density at radius 2 is 2.08 bits per heavy atom. The molecule has 0 saturated carbocycles. The molecule has 0 spiro atoms. The SMILES string of the molecule is COc1ccc(CC(=O)N(CCC(=O)O)C2CCOCC2)cc1F. The van der Waals surface area contributed by atoms with Crippen molar-refractivity contribution in [1.82, 2.24) is 4.90 Å². The van der Waals surface area contributed by atoms with Crippen LogP contribution in [0.1, 0.15) is 24.8 Å². The summed E-state index contributed by atoms with van der Waals surface area (Å²) in [4.78, 5) is 25.1. The van der Waals surface area contributed by atoms with E-state index in [1.54, 1.807) is 11.0 Å². The van der Waals surface area contributed by atoms with Crippen LogP contribution < -0.4 is 4.74 Å². The molecule has 7 heteroatoms.